The summed E-state index contributed by atoms with van der Waals surface area (Å²) in [5.41, 5.74) is 1.10. The molecule has 0 aromatic heterocycles. The van der Waals surface area contributed by atoms with Crippen molar-refractivity contribution < 1.29 is 9.66 Å². The molecule has 0 saturated heterocycles. The maximum Gasteiger partial charge on any atom is 0.273 e. The van der Waals surface area contributed by atoms with Crippen LogP contribution >= 0.6 is 0 Å². The smallest absolute Gasteiger partial charge is 0.273 e. The van der Waals surface area contributed by atoms with Gasteiger partial charge in [-0.1, -0.05) is 27.7 Å². The Morgan fingerprint density at radius 3 is 2.50 bits per heavy atom. The summed E-state index contributed by atoms with van der Waals surface area (Å²) >= 11 is 0. The summed E-state index contributed by atoms with van der Waals surface area (Å²) in [6.07, 6.45) is 0. The van der Waals surface area contributed by atoms with E-state index < -0.39 is 4.92 Å². The van der Waals surface area contributed by atoms with E-state index in [1.54, 1.807) is 6.07 Å². The van der Waals surface area contributed by atoms with Crippen molar-refractivity contribution in [2.45, 2.75) is 34.2 Å². The topological polar surface area (TPSA) is 64.4 Å². The fourth-order valence-electron chi connectivity index (χ4n) is 1.70. The second-order valence-electron chi connectivity index (χ2n) is 6.04. The molecule has 0 radical (unpaired) electrons. The lowest BCUT2D eigenvalue weighted by atomic mass is 9.81. The summed E-state index contributed by atoms with van der Waals surface area (Å²) in [5.74, 6) is 1.08. The zero-order valence-electron chi connectivity index (χ0n) is 12.9. The molecule has 0 aliphatic carbocycles. The van der Waals surface area contributed by atoms with Gasteiger partial charge in [0.05, 0.1) is 18.1 Å². The van der Waals surface area contributed by atoms with Crippen molar-refractivity contribution >= 4 is 5.69 Å². The molecule has 1 aromatic rings. The van der Waals surface area contributed by atoms with Crippen LogP contribution in [-0.2, 0) is 6.54 Å². The Morgan fingerprint density at radius 2 is 2.00 bits per heavy atom. The van der Waals surface area contributed by atoms with Crippen LogP contribution in [0.25, 0.3) is 0 Å². The normalized spacial score (nSPS) is 11.7. The van der Waals surface area contributed by atoms with Crippen molar-refractivity contribution in [3.63, 3.8) is 0 Å². The Kier molecular flexibility index (Phi) is 5.51. The standard InChI is InChI=1S/C15H24N2O3/c1-11(2)15(3,4)10-16-9-12-6-13(17(18)19)8-14(7-12)20-5/h6-8,11,16H,9-10H2,1-5H3. The molecular formula is C15H24N2O3. The largest absolute Gasteiger partial charge is 0.496 e. The molecule has 0 heterocycles. The average molecular weight is 280 g/mol. The number of nitrogens with one attached hydrogen (secondary N) is 1. The molecule has 5 nitrogen and oxygen atoms in total. The summed E-state index contributed by atoms with van der Waals surface area (Å²) < 4.78 is 5.10. The second kappa shape index (κ2) is 6.70. The molecule has 0 fully saturated rings. The zero-order chi connectivity index (χ0) is 15.3. The van der Waals surface area contributed by atoms with Gasteiger partial charge in [-0.15, -0.1) is 0 Å². The van der Waals surface area contributed by atoms with Gasteiger partial charge in [0.2, 0.25) is 0 Å². The molecule has 1 aromatic carbocycles. The molecule has 112 valence electrons. The maximum atomic E-state index is 10.9. The van der Waals surface area contributed by atoms with Gasteiger partial charge in [0, 0.05) is 19.2 Å². The first kappa shape index (κ1) is 16.4. The van der Waals surface area contributed by atoms with Gasteiger partial charge >= 0.3 is 0 Å². The minimum absolute atomic E-state index is 0.0595. The Morgan fingerprint density at radius 1 is 1.35 bits per heavy atom. The molecule has 0 spiro atoms. The molecule has 1 N–H and O–H groups in total. The van der Waals surface area contributed by atoms with Crippen LogP contribution in [0, 0.1) is 21.4 Å². The van der Waals surface area contributed by atoms with Crippen LogP contribution < -0.4 is 10.1 Å². The second-order valence-corrected chi connectivity index (χ2v) is 6.04. The van der Waals surface area contributed by atoms with Crippen LogP contribution in [0.15, 0.2) is 18.2 Å². The van der Waals surface area contributed by atoms with Gasteiger partial charge in [0.15, 0.2) is 0 Å². The van der Waals surface area contributed by atoms with E-state index in [4.69, 9.17) is 4.74 Å². The van der Waals surface area contributed by atoms with E-state index in [0.717, 1.165) is 12.1 Å². The van der Waals surface area contributed by atoms with Crippen molar-refractivity contribution in [1.29, 1.82) is 0 Å². The molecule has 0 aliphatic rings. The number of non-ortho nitro benzene ring substituents is 1. The zero-order valence-corrected chi connectivity index (χ0v) is 12.9. The molecule has 5 heteroatoms. The molecule has 0 saturated carbocycles. The minimum atomic E-state index is -0.399. The number of nitrogens with zero attached hydrogens (tertiary/aromatic N) is 1. The number of ether oxygens (including phenoxy) is 1. The molecule has 1 rings (SSSR count). The van der Waals surface area contributed by atoms with Gasteiger partial charge in [0.1, 0.15) is 5.75 Å². The lowest BCUT2D eigenvalue weighted by molar-refractivity contribution is -0.385. The Hall–Kier alpha value is -1.62. The lowest BCUT2D eigenvalue weighted by Gasteiger charge is -2.29. The highest BCUT2D eigenvalue weighted by Gasteiger charge is 2.21. The molecule has 0 unspecified atom stereocenters. The van der Waals surface area contributed by atoms with Gasteiger partial charge in [0.25, 0.3) is 5.69 Å². The average Bonchev–Trinajstić information content (AvgIpc) is 2.37. The third kappa shape index (κ3) is 4.49. The van der Waals surface area contributed by atoms with E-state index in [9.17, 15) is 10.1 Å². The molecule has 0 aliphatic heterocycles. The highest BCUT2D eigenvalue weighted by molar-refractivity contribution is 5.42. The number of nitro benzene ring substituents is 1. The quantitative estimate of drug-likeness (QED) is 0.614. The summed E-state index contributed by atoms with van der Waals surface area (Å²) in [6.45, 7) is 10.2. The predicted molar refractivity (Wildman–Crippen MR) is 80.0 cm³/mol. The number of rotatable bonds is 7. The van der Waals surface area contributed by atoms with Crippen LogP contribution in [0.1, 0.15) is 33.3 Å². The number of benzene rings is 1. The molecule has 0 atom stereocenters. The molecular weight excluding hydrogens is 256 g/mol. The maximum absolute atomic E-state index is 10.9. The summed E-state index contributed by atoms with van der Waals surface area (Å²) in [6, 6.07) is 4.84. The van der Waals surface area contributed by atoms with Crippen molar-refractivity contribution in [2.75, 3.05) is 13.7 Å². The van der Waals surface area contributed by atoms with E-state index in [-0.39, 0.29) is 11.1 Å². The van der Waals surface area contributed by atoms with Gasteiger partial charge in [-0.3, -0.25) is 10.1 Å². The van der Waals surface area contributed by atoms with E-state index in [1.165, 1.54) is 13.2 Å². The first-order valence-electron chi connectivity index (χ1n) is 6.79. The SMILES string of the molecule is COc1cc(CNCC(C)(C)C(C)C)cc([N+](=O)[O-])c1. The van der Waals surface area contributed by atoms with Crippen molar-refractivity contribution in [2.24, 2.45) is 11.3 Å². The van der Waals surface area contributed by atoms with Crippen LogP contribution in [0.2, 0.25) is 0 Å². The Balaban J connectivity index is 2.73. The van der Waals surface area contributed by atoms with Crippen LogP contribution in [0.5, 0.6) is 5.75 Å². The fraction of sp³-hybridized carbons (Fsp3) is 0.600. The first-order valence-corrected chi connectivity index (χ1v) is 6.79. The van der Waals surface area contributed by atoms with Gasteiger partial charge in [-0.25, -0.2) is 0 Å². The Bertz CT molecular complexity index is 470. The Labute approximate surface area is 120 Å². The van der Waals surface area contributed by atoms with Gasteiger partial charge in [-0.2, -0.15) is 0 Å². The highest BCUT2D eigenvalue weighted by Crippen LogP contribution is 2.25. The summed E-state index contributed by atoms with van der Waals surface area (Å²) in [7, 11) is 1.51. The molecule has 0 amide bonds. The molecule has 0 bridgehead atoms. The van der Waals surface area contributed by atoms with E-state index in [0.29, 0.717) is 18.2 Å². The number of methoxy groups -OCH3 is 1. The van der Waals surface area contributed by atoms with E-state index >= 15 is 0 Å². The third-order valence-electron chi connectivity index (χ3n) is 3.87. The lowest BCUT2D eigenvalue weighted by Crippen LogP contribution is -2.33. The first-order chi connectivity index (χ1) is 9.26. The minimum Gasteiger partial charge on any atom is -0.496 e. The van der Waals surface area contributed by atoms with Crippen molar-refractivity contribution in [3.8, 4) is 5.75 Å². The number of hydrogen-bond donors (Lipinski definition) is 1. The monoisotopic (exact) mass is 280 g/mol. The van der Waals surface area contributed by atoms with Crippen molar-refractivity contribution in [1.82, 2.24) is 5.32 Å². The number of hydrogen-bond acceptors (Lipinski definition) is 4. The number of nitro groups is 1. The summed E-state index contributed by atoms with van der Waals surface area (Å²) in [5, 5.41) is 14.2. The highest BCUT2D eigenvalue weighted by atomic mass is 16.6. The van der Waals surface area contributed by atoms with E-state index in [2.05, 4.69) is 33.0 Å². The molecule has 20 heavy (non-hydrogen) atoms. The van der Waals surface area contributed by atoms with Crippen LogP contribution in [0.4, 0.5) is 5.69 Å². The van der Waals surface area contributed by atoms with Gasteiger partial charge in [-0.05, 0) is 23.0 Å². The van der Waals surface area contributed by atoms with E-state index in [1.807, 2.05) is 6.07 Å². The predicted octanol–water partition coefficient (Wildman–Crippen LogP) is 3.38. The third-order valence-corrected chi connectivity index (χ3v) is 3.87. The van der Waals surface area contributed by atoms with Crippen molar-refractivity contribution in [3.05, 3.63) is 33.9 Å². The van der Waals surface area contributed by atoms with Crippen LogP contribution in [0.3, 0.4) is 0 Å². The van der Waals surface area contributed by atoms with Crippen LogP contribution in [-0.4, -0.2) is 18.6 Å². The summed E-state index contributed by atoms with van der Waals surface area (Å²) in [4.78, 5) is 10.5. The van der Waals surface area contributed by atoms with Gasteiger partial charge < -0.3 is 10.1 Å². The fourth-order valence-corrected chi connectivity index (χ4v) is 1.70.